The number of aromatic nitrogens is 3. The highest BCUT2D eigenvalue weighted by molar-refractivity contribution is 6.05. The van der Waals surface area contributed by atoms with Crippen molar-refractivity contribution in [2.75, 3.05) is 51.9 Å². The van der Waals surface area contributed by atoms with Crippen molar-refractivity contribution in [1.82, 2.24) is 15.0 Å². The molecule has 246 valence electrons. The van der Waals surface area contributed by atoms with Crippen LogP contribution in [0.15, 0.2) is 42.5 Å². The molecule has 0 saturated carbocycles. The van der Waals surface area contributed by atoms with Crippen molar-refractivity contribution in [3.8, 4) is 5.75 Å². The van der Waals surface area contributed by atoms with E-state index in [9.17, 15) is 14.7 Å². The molecule has 1 aromatic heterocycles. The van der Waals surface area contributed by atoms with Crippen LogP contribution in [0.1, 0.15) is 94.8 Å². The maximum absolute atomic E-state index is 13.0. The van der Waals surface area contributed by atoms with Crippen LogP contribution in [0.3, 0.4) is 0 Å². The average molecular weight is 629 g/mol. The molecule has 0 bridgehead atoms. The Bertz CT molecular complexity index is 1410. The largest absolute Gasteiger partial charge is 0.506 e. The number of aromatic hydroxyl groups is 1. The van der Waals surface area contributed by atoms with Gasteiger partial charge < -0.3 is 30.9 Å². The lowest BCUT2D eigenvalue weighted by molar-refractivity contribution is -0.116. The molecule has 5 rings (SSSR count). The molecular weight excluding hydrogens is 580 g/mol. The monoisotopic (exact) mass is 628 g/mol. The van der Waals surface area contributed by atoms with Crippen LogP contribution in [0.25, 0.3) is 0 Å². The Morgan fingerprint density at radius 3 is 1.96 bits per heavy atom. The van der Waals surface area contributed by atoms with Crippen molar-refractivity contribution in [3.05, 3.63) is 48.0 Å². The van der Waals surface area contributed by atoms with Crippen LogP contribution in [0.4, 0.5) is 34.9 Å². The van der Waals surface area contributed by atoms with Gasteiger partial charge in [-0.05, 0) is 87.3 Å². The van der Waals surface area contributed by atoms with Crippen molar-refractivity contribution in [1.29, 1.82) is 0 Å². The van der Waals surface area contributed by atoms with Gasteiger partial charge in [-0.25, -0.2) is 0 Å². The van der Waals surface area contributed by atoms with Crippen LogP contribution in [0, 0.1) is 5.92 Å². The molecule has 2 aromatic carbocycles. The van der Waals surface area contributed by atoms with Gasteiger partial charge in [-0.2, -0.15) is 15.0 Å². The van der Waals surface area contributed by atoms with Gasteiger partial charge in [0, 0.05) is 55.6 Å². The fraction of sp³-hybridized carbons (Fsp3) is 0.514. The number of phenolic OH excluding ortho intramolecular Hbond substituents is 1. The number of rotatable bonds is 13. The van der Waals surface area contributed by atoms with Crippen molar-refractivity contribution >= 4 is 46.7 Å². The second-order valence-corrected chi connectivity index (χ2v) is 12.8. The Kier molecular flexibility index (Phi) is 11.6. The molecule has 0 atom stereocenters. The summed E-state index contributed by atoms with van der Waals surface area (Å²) in [5.41, 5.74) is 1.93. The summed E-state index contributed by atoms with van der Waals surface area (Å²) in [4.78, 5) is 44.1. The number of benzene rings is 2. The number of nitrogens with zero attached hydrogens (tertiary/aromatic N) is 5. The Balaban J connectivity index is 1.18. The minimum atomic E-state index is -0.361. The van der Waals surface area contributed by atoms with E-state index in [4.69, 9.17) is 15.0 Å². The standard InChI is InChI=1S/C35H48N8O3/c1-25(2)12-6-3-7-13-31(45)36-28-18-19-29(30(44)24-28)38-32(46)26-14-16-27(17-15-26)37-33-39-34(42-20-8-4-9-21-42)41-35(40-33)43-22-10-5-11-23-43/h14-19,24-25,44H,3-13,20-23H2,1-2H3,(H,36,45)(H,38,46)(H,37,39,40,41). The van der Waals surface area contributed by atoms with Crippen LogP contribution >= 0.6 is 0 Å². The van der Waals surface area contributed by atoms with Crippen molar-refractivity contribution in [3.63, 3.8) is 0 Å². The number of nitrogens with one attached hydrogen (secondary N) is 3. The molecule has 0 spiro atoms. The Hall–Kier alpha value is -4.41. The summed E-state index contributed by atoms with van der Waals surface area (Å²) in [5, 5.41) is 19.4. The molecular formula is C35H48N8O3. The molecule has 4 N–H and O–H groups in total. The van der Waals surface area contributed by atoms with E-state index in [1.165, 1.54) is 25.3 Å². The lowest BCUT2D eigenvalue weighted by Gasteiger charge is -2.30. The molecule has 3 heterocycles. The second-order valence-electron chi connectivity index (χ2n) is 12.8. The minimum Gasteiger partial charge on any atom is -0.506 e. The number of anilines is 6. The predicted octanol–water partition coefficient (Wildman–Crippen LogP) is 7.10. The number of piperidine rings is 2. The molecule has 11 nitrogen and oxygen atoms in total. The molecule has 2 saturated heterocycles. The molecule has 0 radical (unpaired) electrons. The van der Waals surface area contributed by atoms with E-state index >= 15 is 0 Å². The first kappa shape index (κ1) is 33.0. The van der Waals surface area contributed by atoms with Crippen LogP contribution < -0.4 is 25.8 Å². The molecule has 0 unspecified atom stereocenters. The maximum atomic E-state index is 13.0. The maximum Gasteiger partial charge on any atom is 0.255 e. The number of carbonyl (C=O) groups excluding carboxylic acids is 2. The number of amides is 2. The quantitative estimate of drug-likeness (QED) is 0.115. The van der Waals surface area contributed by atoms with Crippen LogP contribution in [-0.2, 0) is 4.79 Å². The number of hydrogen-bond donors (Lipinski definition) is 4. The fourth-order valence-corrected chi connectivity index (χ4v) is 5.86. The van der Waals surface area contributed by atoms with Crippen LogP contribution in [-0.4, -0.2) is 58.1 Å². The molecule has 2 aliphatic rings. The lowest BCUT2D eigenvalue weighted by atomic mass is 10.0. The highest BCUT2D eigenvalue weighted by Crippen LogP contribution is 2.28. The molecule has 46 heavy (non-hydrogen) atoms. The first-order valence-electron chi connectivity index (χ1n) is 16.9. The average Bonchev–Trinajstić information content (AvgIpc) is 3.06. The summed E-state index contributed by atoms with van der Waals surface area (Å²) in [6, 6.07) is 11.7. The zero-order chi connectivity index (χ0) is 32.3. The minimum absolute atomic E-state index is 0.0861. The zero-order valence-electron chi connectivity index (χ0n) is 27.2. The highest BCUT2D eigenvalue weighted by atomic mass is 16.3. The zero-order valence-corrected chi connectivity index (χ0v) is 27.2. The van der Waals surface area contributed by atoms with Gasteiger partial charge in [-0.15, -0.1) is 0 Å². The van der Waals surface area contributed by atoms with E-state index in [1.807, 2.05) is 0 Å². The normalized spacial score (nSPS) is 15.1. The lowest BCUT2D eigenvalue weighted by Crippen LogP contribution is -2.34. The van der Waals surface area contributed by atoms with Crippen LogP contribution in [0.2, 0.25) is 0 Å². The third-order valence-electron chi connectivity index (χ3n) is 8.51. The third kappa shape index (κ3) is 9.55. The van der Waals surface area contributed by atoms with Gasteiger partial charge in [-0.3, -0.25) is 9.59 Å². The van der Waals surface area contributed by atoms with Crippen molar-refractivity contribution in [2.45, 2.75) is 84.5 Å². The fourth-order valence-electron chi connectivity index (χ4n) is 5.86. The summed E-state index contributed by atoms with van der Waals surface area (Å²) >= 11 is 0. The van der Waals surface area contributed by atoms with E-state index in [0.717, 1.165) is 76.8 Å². The van der Waals surface area contributed by atoms with Gasteiger partial charge in [0.25, 0.3) is 5.91 Å². The second kappa shape index (κ2) is 16.2. The summed E-state index contributed by atoms with van der Waals surface area (Å²) in [7, 11) is 0. The van der Waals surface area contributed by atoms with E-state index in [0.29, 0.717) is 41.4 Å². The van der Waals surface area contributed by atoms with E-state index in [1.54, 1.807) is 36.4 Å². The first-order chi connectivity index (χ1) is 22.3. The molecule has 3 aromatic rings. The molecule has 2 amide bonds. The molecule has 0 aliphatic carbocycles. The van der Waals surface area contributed by atoms with Crippen molar-refractivity contribution in [2.24, 2.45) is 5.92 Å². The summed E-state index contributed by atoms with van der Waals surface area (Å²) in [6.07, 6.45) is 11.6. The van der Waals surface area contributed by atoms with E-state index < -0.39 is 0 Å². The molecule has 11 heteroatoms. The SMILES string of the molecule is CC(C)CCCCCC(=O)Nc1ccc(NC(=O)c2ccc(Nc3nc(N4CCCCC4)nc(N4CCCCC4)n3)cc2)c(O)c1. The number of unbranched alkanes of at least 4 members (excludes halogenated alkanes) is 2. The summed E-state index contributed by atoms with van der Waals surface area (Å²) in [5.74, 6) is 2.00. The van der Waals surface area contributed by atoms with Crippen LogP contribution in [0.5, 0.6) is 5.75 Å². The number of hydrogen-bond acceptors (Lipinski definition) is 9. The Morgan fingerprint density at radius 2 is 1.37 bits per heavy atom. The van der Waals surface area contributed by atoms with Gasteiger partial charge in [0.1, 0.15) is 5.75 Å². The molecule has 2 fully saturated rings. The van der Waals surface area contributed by atoms with E-state index in [-0.39, 0.29) is 23.3 Å². The summed E-state index contributed by atoms with van der Waals surface area (Å²) in [6.45, 7) is 8.18. The first-order valence-corrected chi connectivity index (χ1v) is 16.9. The number of phenols is 1. The van der Waals surface area contributed by atoms with Crippen molar-refractivity contribution < 1.29 is 14.7 Å². The van der Waals surface area contributed by atoms with Gasteiger partial charge >= 0.3 is 0 Å². The predicted molar refractivity (Wildman–Crippen MR) is 184 cm³/mol. The van der Waals surface area contributed by atoms with Gasteiger partial charge in [0.15, 0.2) is 0 Å². The highest BCUT2D eigenvalue weighted by Gasteiger charge is 2.20. The third-order valence-corrected chi connectivity index (χ3v) is 8.51. The molecule has 2 aliphatic heterocycles. The van der Waals surface area contributed by atoms with E-state index in [2.05, 4.69) is 39.6 Å². The Labute approximate surface area is 272 Å². The van der Waals surface area contributed by atoms with Gasteiger partial charge in [0.2, 0.25) is 23.8 Å². The topological polar surface area (TPSA) is 136 Å². The summed E-state index contributed by atoms with van der Waals surface area (Å²) < 4.78 is 0. The van der Waals surface area contributed by atoms with Gasteiger partial charge in [-0.1, -0.05) is 33.1 Å². The smallest absolute Gasteiger partial charge is 0.255 e. The Morgan fingerprint density at radius 1 is 0.761 bits per heavy atom. The van der Waals surface area contributed by atoms with Gasteiger partial charge in [0.05, 0.1) is 5.69 Å². The number of carbonyl (C=O) groups is 2.